The maximum atomic E-state index is 14.1. The summed E-state index contributed by atoms with van der Waals surface area (Å²) in [6.07, 6.45) is -0.649. The minimum atomic E-state index is -1.11. The maximum Gasteiger partial charge on any atom is 0.407 e. The van der Waals surface area contributed by atoms with Gasteiger partial charge in [0.15, 0.2) is 0 Å². The van der Waals surface area contributed by atoms with Gasteiger partial charge >= 0.3 is 6.09 Å². The van der Waals surface area contributed by atoms with Crippen molar-refractivity contribution in [2.45, 2.75) is 30.8 Å². The number of halogens is 4. The molecule has 1 heterocycles. The third-order valence-electron chi connectivity index (χ3n) is 4.91. The molecular formula is C20H20F4N2O2S. The Morgan fingerprint density at radius 2 is 1.55 bits per heavy atom. The lowest BCUT2D eigenvalue weighted by atomic mass is 10.1. The molecule has 2 aromatic carbocycles. The molecule has 156 valence electrons. The summed E-state index contributed by atoms with van der Waals surface area (Å²) >= 11 is 4.34. The average Bonchev–Trinajstić information content (AvgIpc) is 3.01. The summed E-state index contributed by atoms with van der Waals surface area (Å²) in [5, 5.41) is 9.25. The van der Waals surface area contributed by atoms with Crippen LogP contribution in [-0.2, 0) is 13.1 Å². The van der Waals surface area contributed by atoms with Gasteiger partial charge in [-0.25, -0.2) is 22.4 Å². The second-order valence-electron chi connectivity index (χ2n) is 7.12. The molecular weight excluding hydrogens is 408 g/mol. The Labute approximate surface area is 171 Å². The predicted molar refractivity (Wildman–Crippen MR) is 103 cm³/mol. The molecule has 0 saturated carbocycles. The summed E-state index contributed by atoms with van der Waals surface area (Å²) in [6.45, 7) is 0.177. The maximum absolute atomic E-state index is 14.1. The summed E-state index contributed by atoms with van der Waals surface area (Å²) in [5.41, 5.74) is 0.0909. The third-order valence-corrected chi connectivity index (χ3v) is 5.28. The van der Waals surface area contributed by atoms with Crippen molar-refractivity contribution in [1.29, 1.82) is 0 Å². The van der Waals surface area contributed by atoms with Crippen LogP contribution in [0.2, 0.25) is 0 Å². The van der Waals surface area contributed by atoms with Crippen molar-refractivity contribution in [2.24, 2.45) is 0 Å². The molecule has 1 amide bonds. The predicted octanol–water partition coefficient (Wildman–Crippen LogP) is 4.30. The van der Waals surface area contributed by atoms with Crippen molar-refractivity contribution in [1.82, 2.24) is 9.80 Å². The van der Waals surface area contributed by atoms with Crippen LogP contribution in [0.25, 0.3) is 0 Å². The highest BCUT2D eigenvalue weighted by Crippen LogP contribution is 2.25. The van der Waals surface area contributed by atoms with E-state index in [1.165, 1.54) is 4.90 Å². The van der Waals surface area contributed by atoms with Crippen molar-refractivity contribution >= 4 is 18.7 Å². The fraction of sp³-hybridized carbons (Fsp3) is 0.350. The van der Waals surface area contributed by atoms with E-state index in [2.05, 4.69) is 12.6 Å². The van der Waals surface area contributed by atoms with E-state index in [-0.39, 0.29) is 42.6 Å². The monoisotopic (exact) mass is 428 g/mol. The molecule has 29 heavy (non-hydrogen) atoms. The summed E-state index contributed by atoms with van der Waals surface area (Å²) in [4.78, 5) is 14.3. The van der Waals surface area contributed by atoms with Gasteiger partial charge < -0.3 is 10.0 Å². The van der Waals surface area contributed by atoms with Crippen LogP contribution in [0.5, 0.6) is 0 Å². The van der Waals surface area contributed by atoms with Crippen molar-refractivity contribution in [2.75, 3.05) is 13.1 Å². The van der Waals surface area contributed by atoms with Crippen LogP contribution in [0.15, 0.2) is 36.4 Å². The van der Waals surface area contributed by atoms with Crippen LogP contribution < -0.4 is 0 Å². The van der Waals surface area contributed by atoms with Crippen LogP contribution in [0, 0.1) is 23.3 Å². The van der Waals surface area contributed by atoms with E-state index in [0.29, 0.717) is 6.42 Å². The lowest BCUT2D eigenvalue weighted by Crippen LogP contribution is -2.42. The van der Waals surface area contributed by atoms with Crippen LogP contribution >= 0.6 is 12.6 Å². The Morgan fingerprint density at radius 1 is 1.03 bits per heavy atom. The second-order valence-corrected chi connectivity index (χ2v) is 7.85. The second kappa shape index (κ2) is 9.04. The van der Waals surface area contributed by atoms with Gasteiger partial charge in [-0.2, -0.15) is 12.6 Å². The summed E-state index contributed by atoms with van der Waals surface area (Å²) in [5.74, 6) is -2.52. The van der Waals surface area contributed by atoms with E-state index in [9.17, 15) is 27.5 Å². The number of rotatable bonds is 6. The molecule has 1 N–H and O–H groups in total. The summed E-state index contributed by atoms with van der Waals surface area (Å²) < 4.78 is 55.4. The van der Waals surface area contributed by atoms with Gasteiger partial charge in [-0.05, 0) is 42.8 Å². The third kappa shape index (κ3) is 5.42. The van der Waals surface area contributed by atoms with Gasteiger partial charge in [0.2, 0.25) is 0 Å². The minimum absolute atomic E-state index is 0.0455. The highest BCUT2D eigenvalue weighted by molar-refractivity contribution is 7.81. The van der Waals surface area contributed by atoms with Gasteiger partial charge in [-0.15, -0.1) is 0 Å². The number of hydrogen-bond acceptors (Lipinski definition) is 3. The molecule has 2 aromatic rings. The van der Waals surface area contributed by atoms with E-state index >= 15 is 0 Å². The highest BCUT2D eigenvalue weighted by Gasteiger charge is 2.35. The highest BCUT2D eigenvalue weighted by atomic mass is 32.1. The number of hydrogen-bond donors (Lipinski definition) is 2. The number of thiol groups is 1. The number of carboxylic acid groups (broad SMARTS) is 1. The zero-order chi connectivity index (χ0) is 21.1. The van der Waals surface area contributed by atoms with Crippen LogP contribution in [0.4, 0.5) is 22.4 Å². The van der Waals surface area contributed by atoms with Crippen molar-refractivity contribution < 1.29 is 27.5 Å². The SMILES string of the molecule is O=C(O)N1CC(S)CC1CN(Cc1cc(F)ccc1F)Cc1cc(F)ccc1F. The smallest absolute Gasteiger partial charge is 0.407 e. The molecule has 2 atom stereocenters. The Bertz CT molecular complexity index is 845. The molecule has 2 unspecified atom stereocenters. The lowest BCUT2D eigenvalue weighted by Gasteiger charge is -2.29. The first-order chi connectivity index (χ1) is 13.7. The quantitative estimate of drug-likeness (QED) is 0.533. The van der Waals surface area contributed by atoms with Crippen molar-refractivity contribution in [3.05, 3.63) is 70.8 Å². The van der Waals surface area contributed by atoms with Gasteiger partial charge in [0.25, 0.3) is 0 Å². The standard InChI is InChI=1S/C20H20F4N2O2S/c21-14-1-3-18(23)12(5-14)8-25(9-13-6-15(22)2-4-19(13)24)10-16-7-17(29)11-26(16)20(27)28/h1-6,16-17,29H,7-11H2,(H,27,28). The Kier molecular flexibility index (Phi) is 6.69. The lowest BCUT2D eigenvalue weighted by molar-refractivity contribution is 0.121. The van der Waals surface area contributed by atoms with Crippen molar-refractivity contribution in [3.8, 4) is 0 Å². The Morgan fingerprint density at radius 3 is 2.03 bits per heavy atom. The first-order valence-corrected chi connectivity index (χ1v) is 9.52. The zero-order valence-corrected chi connectivity index (χ0v) is 16.3. The number of amides is 1. The van der Waals surface area contributed by atoms with E-state index in [4.69, 9.17) is 0 Å². The Balaban J connectivity index is 1.87. The van der Waals surface area contributed by atoms with Gasteiger partial charge in [-0.3, -0.25) is 4.90 Å². The normalized spacial score (nSPS) is 19.2. The van der Waals surface area contributed by atoms with Crippen molar-refractivity contribution in [3.63, 3.8) is 0 Å². The van der Waals surface area contributed by atoms with Gasteiger partial charge in [0, 0.05) is 48.6 Å². The first kappa shape index (κ1) is 21.4. The molecule has 9 heteroatoms. The Hall–Kier alpha value is -2.26. The first-order valence-electron chi connectivity index (χ1n) is 9.00. The largest absolute Gasteiger partial charge is 0.465 e. The minimum Gasteiger partial charge on any atom is -0.465 e. The molecule has 1 saturated heterocycles. The summed E-state index contributed by atoms with van der Waals surface area (Å²) in [7, 11) is 0. The molecule has 0 aliphatic carbocycles. The number of benzene rings is 2. The van der Waals surface area contributed by atoms with Crippen LogP contribution in [0.1, 0.15) is 17.5 Å². The van der Waals surface area contributed by atoms with Gasteiger partial charge in [0.1, 0.15) is 23.3 Å². The van der Waals surface area contributed by atoms with Gasteiger partial charge in [-0.1, -0.05) is 0 Å². The van der Waals surface area contributed by atoms with Crippen LogP contribution in [0.3, 0.4) is 0 Å². The van der Waals surface area contributed by atoms with E-state index < -0.39 is 35.4 Å². The molecule has 4 nitrogen and oxygen atoms in total. The fourth-order valence-electron chi connectivity index (χ4n) is 3.59. The molecule has 1 fully saturated rings. The zero-order valence-electron chi connectivity index (χ0n) is 15.4. The fourth-order valence-corrected chi connectivity index (χ4v) is 4.01. The molecule has 0 spiro atoms. The van der Waals surface area contributed by atoms with E-state index in [1.807, 2.05) is 0 Å². The molecule has 0 bridgehead atoms. The van der Waals surface area contributed by atoms with E-state index in [1.54, 1.807) is 4.90 Å². The number of nitrogens with zero attached hydrogens (tertiary/aromatic N) is 2. The summed E-state index contributed by atoms with van der Waals surface area (Å²) in [6, 6.07) is 5.59. The molecule has 3 rings (SSSR count). The average molecular weight is 428 g/mol. The van der Waals surface area contributed by atoms with E-state index in [0.717, 1.165) is 36.4 Å². The molecule has 1 aliphatic heterocycles. The topological polar surface area (TPSA) is 43.8 Å². The van der Waals surface area contributed by atoms with Gasteiger partial charge in [0.05, 0.1) is 0 Å². The number of carbonyl (C=O) groups is 1. The van der Waals surface area contributed by atoms with Crippen LogP contribution in [-0.4, -0.2) is 45.4 Å². The molecule has 1 aliphatic rings. The molecule has 0 aromatic heterocycles. The molecule has 0 radical (unpaired) electrons. The number of likely N-dealkylation sites (tertiary alicyclic amines) is 1.